The molecular weight excluding hydrogens is 444 g/mol. The fraction of sp³-hybridized carbons (Fsp3) is 0.333. The Hall–Kier alpha value is -3.78. The standard InChI is InChI=1S/C27H30N4O4/c28-26(32)24(13-20-14-29-23-9-3-2-8-22(20)23)30-27(33)34-17-18-6-5-11-31(15-18)16-21-12-19-7-1-4-10-25(19)35-21/h1-4,7-10,12,14,18,24,29H,5-6,11,13,15-17H2,(H2,28,32)(H,30,33). The number of carbonyl (C=O) groups excluding carboxylic acids is 2. The Kier molecular flexibility index (Phi) is 6.72. The van der Waals surface area contributed by atoms with Crippen molar-refractivity contribution in [1.82, 2.24) is 15.2 Å². The van der Waals surface area contributed by atoms with Crippen LogP contribution in [0.2, 0.25) is 0 Å². The van der Waals surface area contributed by atoms with Crippen molar-refractivity contribution < 1.29 is 18.7 Å². The maximum atomic E-state index is 12.5. The van der Waals surface area contributed by atoms with Gasteiger partial charge in [0.2, 0.25) is 5.91 Å². The molecular formula is C27H30N4O4. The highest BCUT2D eigenvalue weighted by molar-refractivity contribution is 5.87. The highest BCUT2D eigenvalue weighted by Gasteiger charge is 2.24. The van der Waals surface area contributed by atoms with Gasteiger partial charge in [-0.1, -0.05) is 36.4 Å². The number of primary amides is 1. The average molecular weight is 475 g/mol. The van der Waals surface area contributed by atoms with E-state index in [0.29, 0.717) is 13.0 Å². The third-order valence-electron chi connectivity index (χ3n) is 6.64. The number of alkyl carbamates (subject to hydrolysis) is 1. The van der Waals surface area contributed by atoms with Crippen LogP contribution >= 0.6 is 0 Å². The molecule has 8 nitrogen and oxygen atoms in total. The number of rotatable bonds is 8. The van der Waals surface area contributed by atoms with E-state index in [1.54, 1.807) is 0 Å². The topological polar surface area (TPSA) is 114 Å². The highest BCUT2D eigenvalue weighted by Crippen LogP contribution is 2.23. The number of furan rings is 1. The zero-order valence-electron chi connectivity index (χ0n) is 19.5. The molecule has 2 atom stereocenters. The number of nitrogens with two attached hydrogens (primary N) is 1. The summed E-state index contributed by atoms with van der Waals surface area (Å²) >= 11 is 0. The van der Waals surface area contributed by atoms with Gasteiger partial charge in [-0.15, -0.1) is 0 Å². The fourth-order valence-electron chi connectivity index (χ4n) is 4.89. The fourth-order valence-corrected chi connectivity index (χ4v) is 4.89. The van der Waals surface area contributed by atoms with E-state index in [1.165, 1.54) is 0 Å². The number of aromatic nitrogens is 1. The monoisotopic (exact) mass is 474 g/mol. The Balaban J connectivity index is 1.12. The first kappa shape index (κ1) is 23.0. The zero-order valence-corrected chi connectivity index (χ0v) is 19.5. The van der Waals surface area contributed by atoms with Gasteiger partial charge in [-0.25, -0.2) is 4.79 Å². The van der Waals surface area contributed by atoms with Crippen LogP contribution < -0.4 is 11.1 Å². The Labute approximate surface area is 203 Å². The van der Waals surface area contributed by atoms with Gasteiger partial charge in [0, 0.05) is 41.4 Å². The van der Waals surface area contributed by atoms with Crippen molar-refractivity contribution in [3.8, 4) is 0 Å². The predicted molar refractivity (Wildman–Crippen MR) is 134 cm³/mol. The minimum Gasteiger partial charge on any atom is -0.460 e. The van der Waals surface area contributed by atoms with E-state index in [4.69, 9.17) is 14.9 Å². The van der Waals surface area contributed by atoms with E-state index in [0.717, 1.165) is 65.7 Å². The molecule has 4 N–H and O–H groups in total. The highest BCUT2D eigenvalue weighted by atomic mass is 16.5. The smallest absolute Gasteiger partial charge is 0.407 e. The van der Waals surface area contributed by atoms with Gasteiger partial charge in [0.05, 0.1) is 13.2 Å². The molecule has 8 heteroatoms. The maximum Gasteiger partial charge on any atom is 0.407 e. The van der Waals surface area contributed by atoms with Crippen LogP contribution in [-0.4, -0.2) is 47.6 Å². The Morgan fingerprint density at radius 3 is 2.89 bits per heavy atom. The number of para-hydroxylation sites is 2. The molecule has 2 amide bonds. The van der Waals surface area contributed by atoms with Crippen molar-refractivity contribution in [2.45, 2.75) is 31.8 Å². The molecule has 3 heterocycles. The molecule has 0 radical (unpaired) electrons. The van der Waals surface area contributed by atoms with Crippen molar-refractivity contribution in [2.24, 2.45) is 11.7 Å². The summed E-state index contributed by atoms with van der Waals surface area (Å²) in [6.45, 7) is 2.82. The Morgan fingerprint density at radius 1 is 1.20 bits per heavy atom. The maximum absolute atomic E-state index is 12.5. The van der Waals surface area contributed by atoms with Crippen molar-refractivity contribution in [3.05, 3.63) is 72.1 Å². The summed E-state index contributed by atoms with van der Waals surface area (Å²) in [4.78, 5) is 30.0. The number of ether oxygens (including phenoxy) is 1. The van der Waals surface area contributed by atoms with Crippen LogP contribution in [0.15, 0.2) is 65.2 Å². The SMILES string of the molecule is NC(=O)C(Cc1c[nH]c2ccccc12)NC(=O)OCC1CCCN(Cc2cc3ccccc3o2)C1. The van der Waals surface area contributed by atoms with Crippen LogP contribution in [-0.2, 0) is 22.5 Å². The van der Waals surface area contributed by atoms with Gasteiger partial charge in [0.15, 0.2) is 0 Å². The molecule has 4 aromatic rings. The molecule has 1 fully saturated rings. The molecule has 2 aromatic heterocycles. The first-order valence-corrected chi connectivity index (χ1v) is 12.0. The molecule has 0 bridgehead atoms. The summed E-state index contributed by atoms with van der Waals surface area (Å²) in [5.41, 5.74) is 8.35. The number of aromatic amines is 1. The number of H-pyrrole nitrogens is 1. The largest absolute Gasteiger partial charge is 0.460 e. The lowest BCUT2D eigenvalue weighted by Crippen LogP contribution is -2.46. The van der Waals surface area contributed by atoms with Gasteiger partial charge >= 0.3 is 6.09 Å². The second kappa shape index (κ2) is 10.2. The van der Waals surface area contributed by atoms with Gasteiger partial charge < -0.3 is 25.2 Å². The molecule has 0 saturated carbocycles. The second-order valence-electron chi connectivity index (χ2n) is 9.26. The number of likely N-dealkylation sites (tertiary alicyclic amines) is 1. The molecule has 35 heavy (non-hydrogen) atoms. The van der Waals surface area contributed by atoms with E-state index >= 15 is 0 Å². The van der Waals surface area contributed by atoms with Gasteiger partial charge in [-0.05, 0) is 43.1 Å². The molecule has 0 aliphatic carbocycles. The summed E-state index contributed by atoms with van der Waals surface area (Å²) in [6.07, 6.45) is 3.52. The molecule has 5 rings (SSSR count). The number of fused-ring (bicyclic) bond motifs is 2. The lowest BCUT2D eigenvalue weighted by Gasteiger charge is -2.31. The summed E-state index contributed by atoms with van der Waals surface area (Å²) in [5.74, 6) is 0.563. The van der Waals surface area contributed by atoms with Gasteiger partial charge in [0.1, 0.15) is 17.4 Å². The molecule has 182 valence electrons. The quantitative estimate of drug-likeness (QED) is 0.358. The minimum atomic E-state index is -0.849. The number of hydrogen-bond acceptors (Lipinski definition) is 5. The molecule has 1 saturated heterocycles. The number of hydrogen-bond donors (Lipinski definition) is 3. The molecule has 2 unspecified atom stereocenters. The third kappa shape index (κ3) is 5.49. The average Bonchev–Trinajstić information content (AvgIpc) is 3.46. The summed E-state index contributed by atoms with van der Waals surface area (Å²) < 4.78 is 11.5. The van der Waals surface area contributed by atoms with E-state index in [2.05, 4.69) is 21.3 Å². The first-order valence-electron chi connectivity index (χ1n) is 12.0. The predicted octanol–water partition coefficient (Wildman–Crippen LogP) is 3.95. The van der Waals surface area contributed by atoms with Crippen molar-refractivity contribution in [1.29, 1.82) is 0 Å². The second-order valence-corrected chi connectivity index (χ2v) is 9.26. The number of amides is 2. The molecule has 1 aliphatic rings. The van der Waals surface area contributed by atoms with Crippen LogP contribution in [0.4, 0.5) is 4.79 Å². The van der Waals surface area contributed by atoms with Gasteiger partial charge in [-0.3, -0.25) is 9.69 Å². The number of piperidine rings is 1. The van der Waals surface area contributed by atoms with Crippen molar-refractivity contribution in [2.75, 3.05) is 19.7 Å². The molecule has 0 spiro atoms. The van der Waals surface area contributed by atoms with E-state index in [9.17, 15) is 9.59 Å². The number of carbonyl (C=O) groups is 2. The third-order valence-corrected chi connectivity index (χ3v) is 6.64. The number of nitrogens with one attached hydrogen (secondary N) is 2. The van der Waals surface area contributed by atoms with Crippen molar-refractivity contribution in [3.63, 3.8) is 0 Å². The summed E-state index contributed by atoms with van der Waals surface area (Å²) in [7, 11) is 0. The van der Waals surface area contributed by atoms with Crippen LogP contribution in [0.25, 0.3) is 21.9 Å². The lowest BCUT2D eigenvalue weighted by molar-refractivity contribution is -0.119. The van der Waals surface area contributed by atoms with E-state index in [-0.39, 0.29) is 5.92 Å². The van der Waals surface area contributed by atoms with E-state index < -0.39 is 18.0 Å². The van der Waals surface area contributed by atoms with E-state index in [1.807, 2.05) is 54.7 Å². The zero-order chi connectivity index (χ0) is 24.2. The Bertz CT molecular complexity index is 1290. The number of nitrogens with zero attached hydrogens (tertiary/aromatic N) is 1. The summed E-state index contributed by atoms with van der Waals surface area (Å²) in [6, 6.07) is 17.0. The van der Waals surface area contributed by atoms with Crippen LogP contribution in [0.3, 0.4) is 0 Å². The number of benzene rings is 2. The molecule has 2 aromatic carbocycles. The lowest BCUT2D eigenvalue weighted by atomic mass is 9.99. The van der Waals surface area contributed by atoms with Crippen LogP contribution in [0, 0.1) is 5.92 Å². The van der Waals surface area contributed by atoms with Gasteiger partial charge in [-0.2, -0.15) is 0 Å². The van der Waals surface area contributed by atoms with Crippen LogP contribution in [0.5, 0.6) is 0 Å². The normalized spacial score (nSPS) is 17.4. The minimum absolute atomic E-state index is 0.222. The Morgan fingerprint density at radius 2 is 2.03 bits per heavy atom. The van der Waals surface area contributed by atoms with Crippen molar-refractivity contribution >= 4 is 33.9 Å². The molecule has 1 aliphatic heterocycles. The first-order chi connectivity index (χ1) is 17.0. The van der Waals surface area contributed by atoms with Gasteiger partial charge in [0.25, 0.3) is 0 Å². The van der Waals surface area contributed by atoms with Crippen LogP contribution in [0.1, 0.15) is 24.2 Å². The summed E-state index contributed by atoms with van der Waals surface area (Å²) in [5, 5.41) is 4.75.